The number of aryl methyl sites for hydroxylation is 1. The van der Waals surface area contributed by atoms with Crippen LogP contribution >= 0.6 is 0 Å². The highest BCUT2D eigenvalue weighted by Gasteiger charge is 2.15. The molecule has 0 aromatic heterocycles. The quantitative estimate of drug-likeness (QED) is 0.828. The Hall–Kier alpha value is -1.55. The second kappa shape index (κ2) is 7.14. The molecule has 0 heterocycles. The van der Waals surface area contributed by atoms with Crippen LogP contribution in [0.1, 0.15) is 36.2 Å². The summed E-state index contributed by atoms with van der Waals surface area (Å²) in [7, 11) is 1.59. The van der Waals surface area contributed by atoms with Crippen molar-refractivity contribution in [1.29, 1.82) is 0 Å². The monoisotopic (exact) mass is 265 g/mol. The topological polar surface area (TPSA) is 58.6 Å². The molecule has 0 aliphatic rings. The van der Waals surface area contributed by atoms with Gasteiger partial charge in [0.1, 0.15) is 5.75 Å². The van der Waals surface area contributed by atoms with Crippen LogP contribution in [-0.4, -0.2) is 30.8 Å². The fourth-order valence-electron chi connectivity index (χ4n) is 1.78. The van der Waals surface area contributed by atoms with E-state index in [-0.39, 0.29) is 18.4 Å². The number of hydrogen-bond donors (Lipinski definition) is 2. The molecule has 2 unspecified atom stereocenters. The van der Waals surface area contributed by atoms with E-state index in [0.29, 0.717) is 5.56 Å². The van der Waals surface area contributed by atoms with Gasteiger partial charge in [0, 0.05) is 12.1 Å². The van der Waals surface area contributed by atoms with Crippen molar-refractivity contribution in [1.82, 2.24) is 5.32 Å². The maximum absolute atomic E-state index is 12.0. The van der Waals surface area contributed by atoms with Crippen molar-refractivity contribution in [3.8, 4) is 5.75 Å². The number of carbonyl (C=O) groups is 1. The van der Waals surface area contributed by atoms with E-state index >= 15 is 0 Å². The van der Waals surface area contributed by atoms with Crippen molar-refractivity contribution >= 4 is 5.91 Å². The molecule has 1 amide bonds. The SMILES string of the molecule is CCC(C)C(O)CNC(=O)c1ccc(OC)cc1C. The van der Waals surface area contributed by atoms with Crippen LogP contribution in [0.3, 0.4) is 0 Å². The van der Waals surface area contributed by atoms with Gasteiger partial charge in [0.05, 0.1) is 13.2 Å². The number of carbonyl (C=O) groups excluding carboxylic acids is 1. The van der Waals surface area contributed by atoms with Crippen molar-refractivity contribution in [3.05, 3.63) is 29.3 Å². The van der Waals surface area contributed by atoms with Gasteiger partial charge in [0.2, 0.25) is 0 Å². The van der Waals surface area contributed by atoms with Crippen molar-refractivity contribution in [2.45, 2.75) is 33.3 Å². The first kappa shape index (κ1) is 15.5. The van der Waals surface area contributed by atoms with E-state index < -0.39 is 6.10 Å². The third kappa shape index (κ3) is 4.24. The van der Waals surface area contributed by atoms with E-state index in [1.807, 2.05) is 26.8 Å². The normalized spacial score (nSPS) is 13.7. The molecule has 1 aromatic carbocycles. The molecule has 1 rings (SSSR count). The number of benzene rings is 1. The number of rotatable bonds is 6. The molecular formula is C15H23NO3. The average Bonchev–Trinajstić information content (AvgIpc) is 2.43. The van der Waals surface area contributed by atoms with E-state index in [4.69, 9.17) is 4.74 Å². The molecule has 19 heavy (non-hydrogen) atoms. The number of amides is 1. The van der Waals surface area contributed by atoms with Crippen LogP contribution in [0.5, 0.6) is 5.75 Å². The minimum atomic E-state index is -0.507. The van der Waals surface area contributed by atoms with Crippen LogP contribution in [0.25, 0.3) is 0 Å². The molecule has 0 bridgehead atoms. The minimum Gasteiger partial charge on any atom is -0.497 e. The van der Waals surface area contributed by atoms with Gasteiger partial charge in [-0.05, 0) is 36.6 Å². The molecule has 0 aliphatic carbocycles. The zero-order chi connectivity index (χ0) is 14.4. The first-order chi connectivity index (χ1) is 8.99. The first-order valence-corrected chi connectivity index (χ1v) is 6.60. The summed E-state index contributed by atoms with van der Waals surface area (Å²) in [6, 6.07) is 5.31. The molecule has 0 aliphatic heterocycles. The lowest BCUT2D eigenvalue weighted by Gasteiger charge is -2.18. The Labute approximate surface area is 114 Å². The van der Waals surface area contributed by atoms with Crippen LogP contribution in [-0.2, 0) is 0 Å². The molecule has 106 valence electrons. The summed E-state index contributed by atoms with van der Waals surface area (Å²) >= 11 is 0. The summed E-state index contributed by atoms with van der Waals surface area (Å²) in [5.74, 6) is 0.744. The average molecular weight is 265 g/mol. The smallest absolute Gasteiger partial charge is 0.251 e. The molecular weight excluding hydrogens is 242 g/mol. The summed E-state index contributed by atoms with van der Waals surface area (Å²) < 4.78 is 5.10. The third-order valence-corrected chi connectivity index (χ3v) is 3.45. The molecule has 0 spiro atoms. The molecule has 0 radical (unpaired) electrons. The Kier molecular flexibility index (Phi) is 5.83. The van der Waals surface area contributed by atoms with Gasteiger partial charge in [-0.2, -0.15) is 0 Å². The fourth-order valence-corrected chi connectivity index (χ4v) is 1.78. The molecule has 4 nitrogen and oxygen atoms in total. The maximum Gasteiger partial charge on any atom is 0.251 e. The molecule has 0 fully saturated rings. The van der Waals surface area contributed by atoms with E-state index in [2.05, 4.69) is 5.32 Å². The lowest BCUT2D eigenvalue weighted by atomic mass is 10.0. The van der Waals surface area contributed by atoms with Gasteiger partial charge >= 0.3 is 0 Å². The standard InChI is InChI=1S/C15H23NO3/c1-5-10(2)14(17)9-16-15(18)13-7-6-12(19-4)8-11(13)3/h6-8,10,14,17H,5,9H2,1-4H3,(H,16,18). The number of ether oxygens (including phenoxy) is 1. The summed E-state index contributed by atoms with van der Waals surface area (Å²) in [4.78, 5) is 12.0. The Morgan fingerprint density at radius 1 is 1.47 bits per heavy atom. The van der Waals surface area contributed by atoms with Gasteiger partial charge in [-0.15, -0.1) is 0 Å². The second-order valence-corrected chi connectivity index (χ2v) is 4.84. The second-order valence-electron chi connectivity index (χ2n) is 4.84. The molecule has 2 N–H and O–H groups in total. The molecule has 2 atom stereocenters. The van der Waals surface area contributed by atoms with E-state index in [1.165, 1.54) is 0 Å². The van der Waals surface area contributed by atoms with Gasteiger partial charge in [-0.3, -0.25) is 4.79 Å². The van der Waals surface area contributed by atoms with Crippen LogP contribution in [0.4, 0.5) is 0 Å². The van der Waals surface area contributed by atoms with Crippen molar-refractivity contribution in [2.75, 3.05) is 13.7 Å². The predicted octanol–water partition coefficient (Wildman–Crippen LogP) is 2.14. The number of aliphatic hydroxyl groups excluding tert-OH is 1. The number of hydrogen-bond acceptors (Lipinski definition) is 3. The Bertz CT molecular complexity index is 431. The largest absolute Gasteiger partial charge is 0.497 e. The van der Waals surface area contributed by atoms with E-state index in [0.717, 1.165) is 17.7 Å². The van der Waals surface area contributed by atoms with E-state index in [1.54, 1.807) is 19.2 Å². The molecule has 4 heteroatoms. The van der Waals surface area contributed by atoms with Gasteiger partial charge in [-0.1, -0.05) is 20.3 Å². The molecule has 0 saturated carbocycles. The highest BCUT2D eigenvalue weighted by atomic mass is 16.5. The minimum absolute atomic E-state index is 0.164. The maximum atomic E-state index is 12.0. The molecule has 0 saturated heterocycles. The Morgan fingerprint density at radius 2 is 2.16 bits per heavy atom. The van der Waals surface area contributed by atoms with Crippen molar-refractivity contribution in [3.63, 3.8) is 0 Å². The zero-order valence-corrected chi connectivity index (χ0v) is 12.1. The van der Waals surface area contributed by atoms with Gasteiger partial charge < -0.3 is 15.2 Å². The first-order valence-electron chi connectivity index (χ1n) is 6.60. The lowest BCUT2D eigenvalue weighted by molar-refractivity contribution is 0.0849. The lowest BCUT2D eigenvalue weighted by Crippen LogP contribution is -2.35. The van der Waals surface area contributed by atoms with Crippen LogP contribution in [0.15, 0.2) is 18.2 Å². The van der Waals surface area contributed by atoms with Gasteiger partial charge in [-0.25, -0.2) is 0 Å². The van der Waals surface area contributed by atoms with Crippen LogP contribution < -0.4 is 10.1 Å². The van der Waals surface area contributed by atoms with Crippen molar-refractivity contribution in [2.24, 2.45) is 5.92 Å². The number of nitrogens with one attached hydrogen (secondary N) is 1. The fraction of sp³-hybridized carbons (Fsp3) is 0.533. The Morgan fingerprint density at radius 3 is 2.68 bits per heavy atom. The highest BCUT2D eigenvalue weighted by Crippen LogP contribution is 2.16. The zero-order valence-electron chi connectivity index (χ0n) is 12.1. The summed E-state index contributed by atoms with van der Waals surface area (Å²) in [5.41, 5.74) is 1.46. The highest BCUT2D eigenvalue weighted by molar-refractivity contribution is 5.95. The van der Waals surface area contributed by atoms with E-state index in [9.17, 15) is 9.90 Å². The van der Waals surface area contributed by atoms with Gasteiger partial charge in [0.15, 0.2) is 0 Å². The number of methoxy groups -OCH3 is 1. The molecule has 1 aromatic rings. The van der Waals surface area contributed by atoms with Crippen LogP contribution in [0.2, 0.25) is 0 Å². The Balaban J connectivity index is 2.63. The summed E-state index contributed by atoms with van der Waals surface area (Å²) in [6.07, 6.45) is 0.381. The number of aliphatic hydroxyl groups is 1. The van der Waals surface area contributed by atoms with Crippen molar-refractivity contribution < 1.29 is 14.6 Å². The summed E-state index contributed by atoms with van der Waals surface area (Å²) in [6.45, 7) is 6.13. The predicted molar refractivity (Wildman–Crippen MR) is 75.5 cm³/mol. The van der Waals surface area contributed by atoms with Gasteiger partial charge in [0.25, 0.3) is 5.91 Å². The summed E-state index contributed by atoms with van der Waals surface area (Å²) in [5, 5.41) is 12.6. The van der Waals surface area contributed by atoms with Crippen LogP contribution in [0, 0.1) is 12.8 Å². The third-order valence-electron chi connectivity index (χ3n) is 3.45.